The molecular formula is C16H18O3. The molecule has 0 spiro atoms. The van der Waals surface area contributed by atoms with Gasteiger partial charge in [0, 0.05) is 0 Å². The van der Waals surface area contributed by atoms with E-state index in [1.165, 1.54) is 0 Å². The first kappa shape index (κ1) is 13.4. The molecule has 0 fully saturated rings. The third-order valence-electron chi connectivity index (χ3n) is 2.97. The highest BCUT2D eigenvalue weighted by Gasteiger charge is 2.10. The molecule has 2 aromatic carbocycles. The Morgan fingerprint density at radius 3 is 2.63 bits per heavy atom. The molecule has 1 N–H and O–H groups in total. The third kappa shape index (κ3) is 3.48. The van der Waals surface area contributed by atoms with Crippen LogP contribution in [0.2, 0.25) is 0 Å². The number of aliphatic hydroxyl groups is 1. The van der Waals surface area contributed by atoms with Crippen molar-refractivity contribution in [3.8, 4) is 11.5 Å². The van der Waals surface area contributed by atoms with Crippen molar-refractivity contribution in [2.24, 2.45) is 0 Å². The van der Waals surface area contributed by atoms with E-state index >= 15 is 0 Å². The highest BCUT2D eigenvalue weighted by molar-refractivity contribution is 5.32. The van der Waals surface area contributed by atoms with Crippen LogP contribution in [-0.2, 0) is 0 Å². The molecule has 1 unspecified atom stereocenters. The Morgan fingerprint density at radius 1 is 1.11 bits per heavy atom. The molecule has 0 heterocycles. The maximum atomic E-state index is 10.1. The zero-order valence-electron chi connectivity index (χ0n) is 11.2. The highest BCUT2D eigenvalue weighted by atomic mass is 16.5. The first-order valence-corrected chi connectivity index (χ1v) is 6.21. The molecule has 3 nitrogen and oxygen atoms in total. The molecule has 0 saturated heterocycles. The van der Waals surface area contributed by atoms with E-state index in [0.29, 0.717) is 0 Å². The van der Waals surface area contributed by atoms with Crippen LogP contribution in [0.15, 0.2) is 48.5 Å². The predicted molar refractivity (Wildman–Crippen MR) is 74.6 cm³/mol. The minimum atomic E-state index is -0.672. The average molecular weight is 258 g/mol. The van der Waals surface area contributed by atoms with Gasteiger partial charge in [0.2, 0.25) is 0 Å². The summed E-state index contributed by atoms with van der Waals surface area (Å²) in [7, 11) is 1.61. The van der Waals surface area contributed by atoms with Crippen molar-refractivity contribution in [2.45, 2.75) is 13.0 Å². The van der Waals surface area contributed by atoms with Crippen molar-refractivity contribution in [2.75, 3.05) is 13.7 Å². The SMILES string of the molecule is COc1cccc(C(O)COc2ccccc2C)c1. The standard InChI is InChI=1S/C16H18O3/c1-12-6-3-4-9-16(12)19-11-15(17)13-7-5-8-14(10-13)18-2/h3-10,15,17H,11H2,1-2H3. The number of rotatable bonds is 5. The summed E-state index contributed by atoms with van der Waals surface area (Å²) < 4.78 is 10.8. The maximum Gasteiger partial charge on any atom is 0.122 e. The largest absolute Gasteiger partial charge is 0.497 e. The van der Waals surface area contributed by atoms with Crippen LogP contribution in [-0.4, -0.2) is 18.8 Å². The van der Waals surface area contributed by atoms with Crippen LogP contribution in [0.3, 0.4) is 0 Å². The van der Waals surface area contributed by atoms with Gasteiger partial charge in [-0.1, -0.05) is 30.3 Å². The van der Waals surface area contributed by atoms with E-state index < -0.39 is 6.10 Å². The summed E-state index contributed by atoms with van der Waals surface area (Å²) in [6.45, 7) is 2.20. The summed E-state index contributed by atoms with van der Waals surface area (Å²) in [5, 5.41) is 10.1. The second-order valence-corrected chi connectivity index (χ2v) is 4.37. The molecule has 0 aliphatic carbocycles. The van der Waals surface area contributed by atoms with Gasteiger partial charge < -0.3 is 14.6 Å². The van der Waals surface area contributed by atoms with Crippen LogP contribution in [0.4, 0.5) is 0 Å². The molecule has 0 radical (unpaired) electrons. The first-order valence-electron chi connectivity index (χ1n) is 6.21. The molecule has 3 heteroatoms. The number of benzene rings is 2. The molecule has 0 aliphatic rings. The van der Waals surface area contributed by atoms with Crippen molar-refractivity contribution in [1.29, 1.82) is 0 Å². The van der Waals surface area contributed by atoms with E-state index in [4.69, 9.17) is 9.47 Å². The number of ether oxygens (including phenoxy) is 2. The number of aryl methyl sites for hydroxylation is 1. The van der Waals surface area contributed by atoms with Crippen LogP contribution in [0.1, 0.15) is 17.2 Å². The number of methoxy groups -OCH3 is 1. The average Bonchev–Trinajstić information content (AvgIpc) is 2.46. The Labute approximate surface area is 113 Å². The molecule has 19 heavy (non-hydrogen) atoms. The summed E-state index contributed by atoms with van der Waals surface area (Å²) in [4.78, 5) is 0. The smallest absolute Gasteiger partial charge is 0.122 e. The lowest BCUT2D eigenvalue weighted by molar-refractivity contribution is 0.107. The molecule has 0 aliphatic heterocycles. The van der Waals surface area contributed by atoms with Gasteiger partial charge in [-0.2, -0.15) is 0 Å². The number of aliphatic hydroxyl groups excluding tert-OH is 1. The van der Waals surface area contributed by atoms with Crippen LogP contribution in [0.5, 0.6) is 11.5 Å². The molecule has 0 amide bonds. The summed E-state index contributed by atoms with van der Waals surface area (Å²) >= 11 is 0. The van der Waals surface area contributed by atoms with Crippen LogP contribution >= 0.6 is 0 Å². The lowest BCUT2D eigenvalue weighted by atomic mass is 10.1. The minimum Gasteiger partial charge on any atom is -0.497 e. The molecule has 2 aromatic rings. The predicted octanol–water partition coefficient (Wildman–Crippen LogP) is 3.12. The van der Waals surface area contributed by atoms with E-state index in [1.54, 1.807) is 7.11 Å². The Hall–Kier alpha value is -2.00. The number of para-hydroxylation sites is 1. The van der Waals surface area contributed by atoms with Crippen LogP contribution in [0, 0.1) is 6.92 Å². The van der Waals surface area contributed by atoms with E-state index in [2.05, 4.69) is 0 Å². The van der Waals surface area contributed by atoms with E-state index in [1.807, 2.05) is 55.5 Å². The second kappa shape index (κ2) is 6.25. The molecule has 100 valence electrons. The lowest BCUT2D eigenvalue weighted by Crippen LogP contribution is -2.10. The van der Waals surface area contributed by atoms with Crippen LogP contribution in [0.25, 0.3) is 0 Å². The minimum absolute atomic E-state index is 0.220. The van der Waals surface area contributed by atoms with Gasteiger partial charge in [0.15, 0.2) is 0 Å². The molecular weight excluding hydrogens is 240 g/mol. The fourth-order valence-electron chi connectivity index (χ4n) is 1.83. The Kier molecular flexibility index (Phi) is 4.42. The molecule has 0 saturated carbocycles. The highest BCUT2D eigenvalue weighted by Crippen LogP contribution is 2.22. The molecule has 0 aromatic heterocycles. The van der Waals surface area contributed by atoms with Crippen molar-refractivity contribution in [3.05, 3.63) is 59.7 Å². The second-order valence-electron chi connectivity index (χ2n) is 4.37. The lowest BCUT2D eigenvalue weighted by Gasteiger charge is -2.14. The maximum absolute atomic E-state index is 10.1. The molecule has 2 rings (SSSR count). The van der Waals surface area contributed by atoms with Crippen LogP contribution < -0.4 is 9.47 Å². The van der Waals surface area contributed by atoms with Gasteiger partial charge in [0.25, 0.3) is 0 Å². The zero-order valence-corrected chi connectivity index (χ0v) is 11.2. The number of hydrogen-bond acceptors (Lipinski definition) is 3. The zero-order chi connectivity index (χ0) is 13.7. The number of hydrogen-bond donors (Lipinski definition) is 1. The Balaban J connectivity index is 2.01. The summed E-state index contributed by atoms with van der Waals surface area (Å²) in [5.41, 5.74) is 1.84. The summed E-state index contributed by atoms with van der Waals surface area (Å²) in [5.74, 6) is 1.52. The Bertz CT molecular complexity index is 537. The van der Waals surface area contributed by atoms with E-state index in [9.17, 15) is 5.11 Å². The van der Waals surface area contributed by atoms with Gasteiger partial charge in [-0.05, 0) is 36.2 Å². The third-order valence-corrected chi connectivity index (χ3v) is 2.97. The van der Waals surface area contributed by atoms with Gasteiger partial charge in [-0.15, -0.1) is 0 Å². The fourth-order valence-corrected chi connectivity index (χ4v) is 1.83. The summed E-state index contributed by atoms with van der Waals surface area (Å²) in [6.07, 6.45) is -0.672. The summed E-state index contributed by atoms with van der Waals surface area (Å²) in [6, 6.07) is 15.1. The van der Waals surface area contributed by atoms with Crippen molar-refractivity contribution >= 4 is 0 Å². The molecule has 0 bridgehead atoms. The van der Waals surface area contributed by atoms with Crippen molar-refractivity contribution in [3.63, 3.8) is 0 Å². The quantitative estimate of drug-likeness (QED) is 0.895. The fraction of sp³-hybridized carbons (Fsp3) is 0.250. The van der Waals surface area contributed by atoms with Crippen molar-refractivity contribution in [1.82, 2.24) is 0 Å². The molecule has 1 atom stereocenters. The monoisotopic (exact) mass is 258 g/mol. The van der Waals surface area contributed by atoms with Gasteiger partial charge in [-0.25, -0.2) is 0 Å². The van der Waals surface area contributed by atoms with Gasteiger partial charge >= 0.3 is 0 Å². The Morgan fingerprint density at radius 2 is 1.89 bits per heavy atom. The topological polar surface area (TPSA) is 38.7 Å². The first-order chi connectivity index (χ1) is 9.20. The van der Waals surface area contributed by atoms with E-state index in [0.717, 1.165) is 22.6 Å². The van der Waals surface area contributed by atoms with Crippen molar-refractivity contribution < 1.29 is 14.6 Å². The van der Waals surface area contributed by atoms with Gasteiger partial charge in [0.1, 0.15) is 24.2 Å². The van der Waals surface area contributed by atoms with E-state index in [-0.39, 0.29) is 6.61 Å². The van der Waals surface area contributed by atoms with Gasteiger partial charge in [-0.3, -0.25) is 0 Å². The normalized spacial score (nSPS) is 11.9. The van der Waals surface area contributed by atoms with Gasteiger partial charge in [0.05, 0.1) is 7.11 Å².